The molecule has 16 heavy (non-hydrogen) atoms. The minimum atomic E-state index is -0.00851. The molecular formula is C13H12BrNO. The van der Waals surface area contributed by atoms with Crippen LogP contribution >= 0.6 is 15.9 Å². The number of nitrogens with zero attached hydrogens (tertiary/aromatic N) is 1. The van der Waals surface area contributed by atoms with Gasteiger partial charge in [-0.3, -0.25) is 4.79 Å². The van der Waals surface area contributed by atoms with Crippen LogP contribution in [0.15, 0.2) is 24.3 Å². The molecule has 0 N–H and O–H groups in total. The lowest BCUT2D eigenvalue weighted by molar-refractivity contribution is 0.0982. The van der Waals surface area contributed by atoms with Gasteiger partial charge in [-0.25, -0.2) is 0 Å². The van der Waals surface area contributed by atoms with Crippen molar-refractivity contribution in [3.63, 3.8) is 0 Å². The molecule has 82 valence electrons. The van der Waals surface area contributed by atoms with Gasteiger partial charge in [0.15, 0.2) is 5.78 Å². The number of rotatable bonds is 0. The summed E-state index contributed by atoms with van der Waals surface area (Å²) >= 11 is 3.46. The molecule has 0 amide bonds. The molecule has 1 heterocycles. The van der Waals surface area contributed by atoms with E-state index in [9.17, 15) is 4.79 Å². The van der Waals surface area contributed by atoms with Gasteiger partial charge in [-0.05, 0) is 18.9 Å². The van der Waals surface area contributed by atoms with E-state index in [4.69, 9.17) is 0 Å². The zero-order valence-electron chi connectivity index (χ0n) is 9.03. The molecule has 2 nitrogen and oxygen atoms in total. The number of carbonyl (C=O) groups excluding carboxylic acids is 1. The molecule has 0 bridgehead atoms. The molecule has 1 atom stereocenters. The molecule has 0 saturated carbocycles. The van der Waals surface area contributed by atoms with Crippen LogP contribution in [0, 0.1) is 0 Å². The van der Waals surface area contributed by atoms with Crippen molar-refractivity contribution in [1.29, 1.82) is 0 Å². The summed E-state index contributed by atoms with van der Waals surface area (Å²) in [7, 11) is 2.04. The van der Waals surface area contributed by atoms with Crippen LogP contribution in [0.1, 0.15) is 22.5 Å². The van der Waals surface area contributed by atoms with Crippen molar-refractivity contribution in [1.82, 2.24) is 4.57 Å². The smallest absolute Gasteiger partial charge is 0.178 e. The standard InChI is InChI=1S/C13H12BrNO/c1-15-10-5-3-2-4-8(10)12-11(15)7-6-9(14)13(12)16/h2-5,9H,6-7H2,1H3/t9-/m0/s1. The van der Waals surface area contributed by atoms with Crippen LogP contribution in [0.25, 0.3) is 10.9 Å². The van der Waals surface area contributed by atoms with Crippen molar-refractivity contribution < 1.29 is 4.79 Å². The SMILES string of the molecule is Cn1c2c(c3ccccc31)C(=O)[C@@H](Br)CC2. The number of halogens is 1. The van der Waals surface area contributed by atoms with E-state index < -0.39 is 0 Å². The number of fused-ring (bicyclic) bond motifs is 3. The highest BCUT2D eigenvalue weighted by atomic mass is 79.9. The minimum Gasteiger partial charge on any atom is -0.347 e. The van der Waals surface area contributed by atoms with E-state index >= 15 is 0 Å². The van der Waals surface area contributed by atoms with Crippen molar-refractivity contribution in [2.24, 2.45) is 7.05 Å². The predicted octanol–water partition coefficient (Wildman–Crippen LogP) is 3.07. The number of ketones is 1. The van der Waals surface area contributed by atoms with Gasteiger partial charge in [-0.15, -0.1) is 0 Å². The fraction of sp³-hybridized carbons (Fsp3) is 0.308. The number of para-hydroxylation sites is 1. The Hall–Kier alpha value is -1.09. The lowest BCUT2D eigenvalue weighted by Gasteiger charge is -2.17. The van der Waals surface area contributed by atoms with Crippen molar-refractivity contribution in [3.8, 4) is 0 Å². The number of hydrogen-bond donors (Lipinski definition) is 0. The van der Waals surface area contributed by atoms with Crippen LogP contribution in [0.3, 0.4) is 0 Å². The molecule has 3 rings (SSSR count). The van der Waals surface area contributed by atoms with Gasteiger partial charge >= 0.3 is 0 Å². The third-order valence-corrected chi connectivity index (χ3v) is 4.27. The van der Waals surface area contributed by atoms with E-state index in [2.05, 4.69) is 26.6 Å². The van der Waals surface area contributed by atoms with Crippen LogP contribution < -0.4 is 0 Å². The van der Waals surface area contributed by atoms with Gasteiger partial charge in [0.1, 0.15) is 0 Å². The number of aromatic nitrogens is 1. The van der Waals surface area contributed by atoms with Crippen LogP contribution in [0.4, 0.5) is 0 Å². The zero-order chi connectivity index (χ0) is 11.3. The minimum absolute atomic E-state index is 0.00851. The maximum absolute atomic E-state index is 12.2. The van der Waals surface area contributed by atoms with Crippen molar-refractivity contribution >= 4 is 32.6 Å². The van der Waals surface area contributed by atoms with Crippen molar-refractivity contribution in [2.75, 3.05) is 0 Å². The fourth-order valence-electron chi connectivity index (χ4n) is 2.56. The first kappa shape index (κ1) is 10.1. The van der Waals surface area contributed by atoms with Gasteiger partial charge in [0.25, 0.3) is 0 Å². The van der Waals surface area contributed by atoms with Crippen molar-refractivity contribution in [3.05, 3.63) is 35.5 Å². The van der Waals surface area contributed by atoms with Crippen LogP contribution in [0.2, 0.25) is 0 Å². The van der Waals surface area contributed by atoms with Gasteiger partial charge in [-0.1, -0.05) is 34.1 Å². The van der Waals surface area contributed by atoms with E-state index in [1.807, 2.05) is 25.2 Å². The highest BCUT2D eigenvalue weighted by Gasteiger charge is 2.29. The fourth-order valence-corrected chi connectivity index (χ4v) is 3.02. The van der Waals surface area contributed by atoms with Gasteiger partial charge in [0.2, 0.25) is 0 Å². The van der Waals surface area contributed by atoms with Gasteiger partial charge in [0.05, 0.1) is 4.83 Å². The number of benzene rings is 1. The maximum atomic E-state index is 12.2. The molecule has 1 aromatic carbocycles. The summed E-state index contributed by atoms with van der Waals surface area (Å²) in [6, 6.07) is 8.12. The van der Waals surface area contributed by atoms with Gasteiger partial charge in [0, 0.05) is 29.2 Å². The third-order valence-electron chi connectivity index (χ3n) is 3.39. The van der Waals surface area contributed by atoms with Gasteiger partial charge in [-0.2, -0.15) is 0 Å². The Morgan fingerprint density at radius 1 is 1.38 bits per heavy atom. The van der Waals surface area contributed by atoms with Crippen molar-refractivity contribution in [2.45, 2.75) is 17.7 Å². The molecule has 3 heteroatoms. The topological polar surface area (TPSA) is 22.0 Å². The van der Waals surface area contributed by atoms with Crippen LogP contribution in [-0.2, 0) is 13.5 Å². The molecule has 0 unspecified atom stereocenters. The Morgan fingerprint density at radius 2 is 2.12 bits per heavy atom. The van der Waals surface area contributed by atoms with E-state index in [1.165, 1.54) is 5.69 Å². The zero-order valence-corrected chi connectivity index (χ0v) is 10.6. The third kappa shape index (κ3) is 1.21. The number of carbonyl (C=O) groups is 1. The summed E-state index contributed by atoms with van der Waals surface area (Å²) in [5.41, 5.74) is 3.26. The molecule has 0 fully saturated rings. The van der Waals surface area contributed by atoms with Crippen LogP contribution in [-0.4, -0.2) is 15.2 Å². The number of hydrogen-bond acceptors (Lipinski definition) is 1. The van der Waals surface area contributed by atoms with E-state index in [1.54, 1.807) is 0 Å². The number of aryl methyl sites for hydroxylation is 1. The molecule has 0 aliphatic heterocycles. The van der Waals surface area contributed by atoms with E-state index in [-0.39, 0.29) is 10.6 Å². The first-order valence-corrected chi connectivity index (χ1v) is 6.36. The Morgan fingerprint density at radius 3 is 2.94 bits per heavy atom. The summed E-state index contributed by atoms with van der Waals surface area (Å²) in [6.45, 7) is 0. The quantitative estimate of drug-likeness (QED) is 0.679. The largest absolute Gasteiger partial charge is 0.347 e. The van der Waals surface area contributed by atoms with E-state index in [0.717, 1.165) is 29.3 Å². The molecule has 1 aliphatic rings. The summed E-state index contributed by atoms with van der Waals surface area (Å²) in [4.78, 5) is 12.2. The Bertz CT molecular complexity index is 585. The maximum Gasteiger partial charge on any atom is 0.178 e. The monoisotopic (exact) mass is 277 g/mol. The molecule has 0 spiro atoms. The highest BCUT2D eigenvalue weighted by Crippen LogP contribution is 2.33. The summed E-state index contributed by atoms with van der Waals surface area (Å²) in [5.74, 6) is 0.234. The number of Topliss-reactive ketones (excluding diaryl/α,β-unsaturated/α-hetero) is 1. The lowest BCUT2D eigenvalue weighted by Crippen LogP contribution is -2.22. The predicted molar refractivity (Wildman–Crippen MR) is 68.3 cm³/mol. The summed E-state index contributed by atoms with van der Waals surface area (Å²) in [6.07, 6.45) is 1.87. The van der Waals surface area contributed by atoms with E-state index in [0.29, 0.717) is 0 Å². The van der Waals surface area contributed by atoms with Crippen LogP contribution in [0.5, 0.6) is 0 Å². The molecule has 1 aliphatic carbocycles. The molecule has 2 aromatic rings. The highest BCUT2D eigenvalue weighted by molar-refractivity contribution is 9.10. The first-order valence-electron chi connectivity index (χ1n) is 5.44. The second-order valence-corrected chi connectivity index (χ2v) is 5.37. The normalized spacial score (nSPS) is 20.1. The Labute approximate surface area is 102 Å². The average Bonchev–Trinajstić information content (AvgIpc) is 2.59. The Kier molecular flexibility index (Phi) is 2.18. The molecule has 1 aromatic heterocycles. The number of alkyl halides is 1. The Balaban J connectivity index is 2.40. The average molecular weight is 278 g/mol. The first-order chi connectivity index (χ1) is 7.70. The second-order valence-electron chi connectivity index (χ2n) is 4.27. The molecule has 0 radical (unpaired) electrons. The summed E-state index contributed by atoms with van der Waals surface area (Å²) < 4.78 is 2.15. The molecular weight excluding hydrogens is 266 g/mol. The lowest BCUT2D eigenvalue weighted by atomic mass is 9.94. The molecule has 0 saturated heterocycles. The summed E-state index contributed by atoms with van der Waals surface area (Å²) in [5, 5.41) is 1.09. The van der Waals surface area contributed by atoms with Gasteiger partial charge < -0.3 is 4.57 Å². The second kappa shape index (κ2) is 3.45.